The Balaban J connectivity index is 1.93. The number of likely N-dealkylation sites (N-methyl/N-ethyl adjacent to an activating group) is 1. The third-order valence-corrected chi connectivity index (χ3v) is 3.38. The van der Waals surface area contributed by atoms with Crippen LogP contribution in [0.5, 0.6) is 0 Å². The Bertz CT molecular complexity index is 577. The van der Waals surface area contributed by atoms with Crippen molar-refractivity contribution < 1.29 is 4.79 Å². The summed E-state index contributed by atoms with van der Waals surface area (Å²) in [5.74, 6) is 0.0802. The van der Waals surface area contributed by atoms with Crippen LogP contribution in [-0.2, 0) is 24.3 Å². The highest BCUT2D eigenvalue weighted by atomic mass is 35.5. The minimum atomic E-state index is 0.0802. The maximum atomic E-state index is 12.1. The van der Waals surface area contributed by atoms with Crippen LogP contribution < -0.4 is 0 Å². The van der Waals surface area contributed by atoms with E-state index < -0.39 is 0 Å². The number of carbonyl (C=O) groups excluding carboxylic acids is 1. The molecule has 2 aromatic rings. The summed E-state index contributed by atoms with van der Waals surface area (Å²) < 4.78 is 1.85. The second-order valence-electron chi connectivity index (χ2n) is 4.76. The number of hydrogen-bond donors (Lipinski definition) is 0. The minimum absolute atomic E-state index is 0.0802. The fraction of sp³-hybridized carbons (Fsp3) is 0.333. The van der Waals surface area contributed by atoms with Crippen molar-refractivity contribution in [2.75, 3.05) is 7.05 Å². The molecule has 0 radical (unpaired) electrons. The number of hydrogen-bond acceptors (Lipinski definition) is 2. The highest BCUT2D eigenvalue weighted by Crippen LogP contribution is 2.11. The van der Waals surface area contributed by atoms with Gasteiger partial charge in [0.25, 0.3) is 0 Å². The lowest BCUT2D eigenvalue weighted by atomic mass is 10.1. The lowest BCUT2D eigenvalue weighted by Crippen LogP contribution is -2.27. The van der Waals surface area contributed by atoms with Crippen LogP contribution >= 0.6 is 11.6 Å². The van der Waals surface area contributed by atoms with Gasteiger partial charge in [-0.2, -0.15) is 5.10 Å². The fourth-order valence-corrected chi connectivity index (χ4v) is 2.06. The largest absolute Gasteiger partial charge is 0.341 e. The number of amides is 1. The molecule has 0 saturated heterocycles. The second-order valence-corrected chi connectivity index (χ2v) is 5.19. The second kappa shape index (κ2) is 6.57. The quantitative estimate of drug-likeness (QED) is 0.849. The molecule has 0 aliphatic rings. The first-order valence-corrected chi connectivity index (χ1v) is 6.96. The topological polar surface area (TPSA) is 38.1 Å². The van der Waals surface area contributed by atoms with Crippen molar-refractivity contribution in [3.63, 3.8) is 0 Å². The van der Waals surface area contributed by atoms with Gasteiger partial charge in [-0.1, -0.05) is 23.7 Å². The van der Waals surface area contributed by atoms with Gasteiger partial charge in [-0.15, -0.1) is 0 Å². The van der Waals surface area contributed by atoms with Crippen LogP contribution in [-0.4, -0.2) is 27.6 Å². The number of halogens is 1. The molecule has 1 heterocycles. The summed E-state index contributed by atoms with van der Waals surface area (Å²) in [6, 6.07) is 7.36. The monoisotopic (exact) mass is 291 g/mol. The Morgan fingerprint density at radius 1 is 1.30 bits per heavy atom. The van der Waals surface area contributed by atoms with E-state index in [0.29, 0.717) is 18.0 Å². The molecule has 0 spiro atoms. The molecule has 4 nitrogen and oxygen atoms in total. The van der Waals surface area contributed by atoms with E-state index in [1.165, 1.54) is 0 Å². The van der Waals surface area contributed by atoms with Gasteiger partial charge in [0.2, 0.25) is 5.91 Å². The molecule has 0 fully saturated rings. The van der Waals surface area contributed by atoms with E-state index >= 15 is 0 Å². The predicted molar refractivity (Wildman–Crippen MR) is 79.5 cm³/mol. The SMILES string of the molecule is CCn1cc(CN(C)C(=O)Cc2ccc(Cl)cc2)cn1. The third kappa shape index (κ3) is 3.84. The number of benzene rings is 1. The zero-order chi connectivity index (χ0) is 14.5. The van der Waals surface area contributed by atoms with E-state index in [1.807, 2.05) is 37.0 Å². The summed E-state index contributed by atoms with van der Waals surface area (Å²) in [6.07, 6.45) is 4.15. The first-order chi connectivity index (χ1) is 9.58. The molecule has 0 N–H and O–H groups in total. The zero-order valence-electron chi connectivity index (χ0n) is 11.7. The normalized spacial score (nSPS) is 10.6. The standard InChI is InChI=1S/C15H18ClN3O/c1-3-19-11-13(9-17-19)10-18(2)15(20)8-12-4-6-14(16)7-5-12/h4-7,9,11H,3,8,10H2,1-2H3. The summed E-state index contributed by atoms with van der Waals surface area (Å²) in [4.78, 5) is 13.9. The lowest BCUT2D eigenvalue weighted by Gasteiger charge is -2.16. The van der Waals surface area contributed by atoms with Gasteiger partial charge in [0, 0.05) is 36.9 Å². The van der Waals surface area contributed by atoms with Crippen molar-refractivity contribution in [1.82, 2.24) is 14.7 Å². The van der Waals surface area contributed by atoms with Gasteiger partial charge in [0.15, 0.2) is 0 Å². The third-order valence-electron chi connectivity index (χ3n) is 3.12. The van der Waals surface area contributed by atoms with Gasteiger partial charge in [-0.05, 0) is 24.6 Å². The van der Waals surface area contributed by atoms with Crippen molar-refractivity contribution in [3.05, 3.63) is 52.8 Å². The predicted octanol–water partition coefficient (Wildman–Crippen LogP) is 2.76. The molecule has 1 aromatic carbocycles. The average Bonchev–Trinajstić information content (AvgIpc) is 2.89. The van der Waals surface area contributed by atoms with Gasteiger partial charge in [0.1, 0.15) is 0 Å². The van der Waals surface area contributed by atoms with E-state index in [4.69, 9.17) is 11.6 Å². The van der Waals surface area contributed by atoms with Crippen LogP contribution in [0.4, 0.5) is 0 Å². The van der Waals surface area contributed by atoms with Crippen molar-refractivity contribution in [1.29, 1.82) is 0 Å². The minimum Gasteiger partial charge on any atom is -0.341 e. The molecule has 0 bridgehead atoms. The highest BCUT2D eigenvalue weighted by molar-refractivity contribution is 6.30. The molecular formula is C15H18ClN3O. The molecule has 1 amide bonds. The fourth-order valence-electron chi connectivity index (χ4n) is 1.93. The van der Waals surface area contributed by atoms with E-state index in [1.54, 1.807) is 23.2 Å². The van der Waals surface area contributed by atoms with Crippen LogP contribution in [0, 0.1) is 0 Å². The van der Waals surface area contributed by atoms with Crippen LogP contribution in [0.2, 0.25) is 5.02 Å². The molecular weight excluding hydrogens is 274 g/mol. The van der Waals surface area contributed by atoms with Crippen LogP contribution in [0.1, 0.15) is 18.1 Å². The molecule has 5 heteroatoms. The van der Waals surface area contributed by atoms with Crippen molar-refractivity contribution in [3.8, 4) is 0 Å². The maximum absolute atomic E-state index is 12.1. The van der Waals surface area contributed by atoms with Crippen molar-refractivity contribution >= 4 is 17.5 Å². The van der Waals surface area contributed by atoms with Gasteiger partial charge < -0.3 is 4.90 Å². The number of aryl methyl sites for hydroxylation is 1. The number of carbonyl (C=O) groups is 1. The molecule has 0 aliphatic carbocycles. The van der Waals surface area contributed by atoms with Crippen LogP contribution in [0.25, 0.3) is 0 Å². The smallest absolute Gasteiger partial charge is 0.227 e. The Morgan fingerprint density at radius 2 is 2.00 bits per heavy atom. The van der Waals surface area contributed by atoms with Gasteiger partial charge in [0.05, 0.1) is 12.6 Å². The van der Waals surface area contributed by atoms with Crippen LogP contribution in [0.3, 0.4) is 0 Å². The first kappa shape index (κ1) is 14.6. The summed E-state index contributed by atoms with van der Waals surface area (Å²) in [6.45, 7) is 3.45. The van der Waals surface area contributed by atoms with E-state index in [0.717, 1.165) is 17.7 Å². The summed E-state index contributed by atoms with van der Waals surface area (Å²) in [7, 11) is 1.81. The molecule has 106 valence electrons. The van der Waals surface area contributed by atoms with Crippen molar-refractivity contribution in [2.24, 2.45) is 0 Å². The van der Waals surface area contributed by atoms with E-state index in [2.05, 4.69) is 5.10 Å². The number of nitrogens with zero attached hydrogens (tertiary/aromatic N) is 3. The Kier molecular flexibility index (Phi) is 4.79. The zero-order valence-corrected chi connectivity index (χ0v) is 12.5. The molecule has 0 aliphatic heterocycles. The number of aromatic nitrogens is 2. The Labute approximate surface area is 124 Å². The number of rotatable bonds is 5. The average molecular weight is 292 g/mol. The van der Waals surface area contributed by atoms with Gasteiger partial charge >= 0.3 is 0 Å². The Morgan fingerprint density at radius 3 is 2.60 bits per heavy atom. The van der Waals surface area contributed by atoms with Gasteiger partial charge in [-0.3, -0.25) is 9.48 Å². The maximum Gasteiger partial charge on any atom is 0.227 e. The summed E-state index contributed by atoms with van der Waals surface area (Å²) >= 11 is 5.83. The summed E-state index contributed by atoms with van der Waals surface area (Å²) in [5, 5.41) is 4.89. The molecule has 0 saturated carbocycles. The first-order valence-electron chi connectivity index (χ1n) is 6.58. The van der Waals surface area contributed by atoms with Gasteiger partial charge in [-0.25, -0.2) is 0 Å². The molecule has 1 aromatic heterocycles. The summed E-state index contributed by atoms with van der Waals surface area (Å²) in [5.41, 5.74) is 2.01. The lowest BCUT2D eigenvalue weighted by molar-refractivity contribution is -0.129. The molecule has 0 unspecified atom stereocenters. The molecule has 0 atom stereocenters. The van der Waals surface area contributed by atoms with Crippen molar-refractivity contribution in [2.45, 2.75) is 26.4 Å². The Hall–Kier alpha value is -1.81. The highest BCUT2D eigenvalue weighted by Gasteiger charge is 2.11. The molecule has 2 rings (SSSR count). The van der Waals surface area contributed by atoms with E-state index in [-0.39, 0.29) is 5.91 Å². The molecule has 20 heavy (non-hydrogen) atoms. The van der Waals surface area contributed by atoms with E-state index in [9.17, 15) is 4.79 Å². The van der Waals surface area contributed by atoms with Crippen LogP contribution in [0.15, 0.2) is 36.7 Å².